The molecule has 0 saturated carbocycles. The fourth-order valence-corrected chi connectivity index (χ4v) is 15.2. The lowest BCUT2D eigenvalue weighted by atomic mass is 10.3. The van der Waals surface area contributed by atoms with Gasteiger partial charge in [0.1, 0.15) is 69.1 Å². The van der Waals surface area contributed by atoms with Crippen LogP contribution in [0.4, 0.5) is 8.78 Å². The molecule has 13 aromatic rings. The quantitative estimate of drug-likeness (QED) is 0.0103. The Bertz CT molecular complexity index is 5930. The van der Waals surface area contributed by atoms with Gasteiger partial charge in [-0.15, -0.1) is 34.8 Å². The van der Waals surface area contributed by atoms with Crippen molar-refractivity contribution >= 4 is 242 Å². The summed E-state index contributed by atoms with van der Waals surface area (Å²) < 4.78 is 107. The summed E-state index contributed by atoms with van der Waals surface area (Å²) in [6.07, 6.45) is 24.2. The number of ether oxygens (including phenoxy) is 10. The monoisotopic (exact) mass is 2680 g/mol. The number of nitriles is 1. The minimum atomic E-state index is -3.72. The number of aromatic carboxylic acids is 1. The predicted octanol–water partition coefficient (Wildman–Crippen LogP) is 24.2. The largest absolute Gasteiger partial charge is 0.492 e. The average molecular weight is 2690 g/mol. The Morgan fingerprint density at radius 1 is 0.475 bits per heavy atom. The third kappa shape index (κ3) is 52.7. The molecule has 0 amide bonds. The molecule has 0 spiro atoms. The molecule has 0 aliphatic carbocycles. The molecule has 0 saturated heterocycles. The Hall–Kier alpha value is -8.81. The summed E-state index contributed by atoms with van der Waals surface area (Å²) in [6.45, 7) is 19.9. The standard InChI is InChI=1S/C18H19FN4O2.C11H15NO4.C10H14ClNO2.C10H15NO3.C8H6FN3.C7H5Br2NO2.C6H2Br2N2.C6H3Br2NO2.C5H4Br2NO.C5H3Br2N.CH2Cl2.Cl2O2S/c1-3-24-13-10-16(25-4-2)15(21-11-13)12-23-9-8-20-18(23)14-6-5-7-17(19)22-14;1-4-15-8-6-9(16-5-2)10(12-7-8)11(13)14-3;1-3-13-8-5-10(14-4-2)9(6-11)12-7-8;1-3-13-8-5-10(14-4-2)9(7-12)11-6-8;9-7-3-1-2-6(12-7)8-10-4-5-11-8;1-12-7(11)6-5(9)2-4(8)3-10-6;7-4-1-5(8)6(2-9)10-3-4;7-3-1-4(8)5(6(10)11)9-2-3;6-4-1-5(7)3-8(9)2-4;6-4-1-5(7)3-8-2-4;2-1-3;1-5(2,3)4/h5-11H,3-4,12H2,1-2H3;6-7H,4-5H2,1-3H3;5,7H,3-4,6H2,1-2H3;5-6,12H,3-4,7H2,1-2H3;1-5H,(H,10,11);2-3H,1H3;1,3H;1-2H,(H,10,11);1-3,9H;1-3H;1H2;/q;;;;;;;;+1;;;. The summed E-state index contributed by atoms with van der Waals surface area (Å²) in [5, 5.41) is 35.0. The van der Waals surface area contributed by atoms with Gasteiger partial charge < -0.3 is 67.1 Å². The molecule has 0 atom stereocenters. The molecule has 0 aliphatic heterocycles. The molecule has 34 nitrogen and oxygen atoms in total. The SMILES string of the molecule is Brc1cncc(Br)c1.CCOc1cnc(C(=O)OC)c(OCC)c1.CCOc1cnc(CCl)c(OCC)c1.CCOc1cnc(CO)c(OCC)c1.CCOc1cnc(Cn2ccnc2-c2cccc(F)n2)c(OCC)c1.COC(=O)c1ncc(Br)cc1Br.ClCCl.Fc1cccc(-c2ncc[nH]2)n1.N#Cc1ncc(Br)cc1Br.O=C(O)c1ncc(Br)cc1Br.O=S(=O)(Cl)Cl.O[n+]1cc(Br)cc(Br)c1. The van der Waals surface area contributed by atoms with Gasteiger partial charge in [0.15, 0.2) is 40.2 Å². The number of imidazole rings is 2. The summed E-state index contributed by atoms with van der Waals surface area (Å²) in [5.41, 5.74) is 3.87. The van der Waals surface area contributed by atoms with E-state index < -0.39 is 38.1 Å². The molecular weight excluding hydrogens is 2600 g/mol. The second-order valence-corrected chi connectivity index (χ2v) is 38.1. The molecule has 748 valence electrons. The predicted molar refractivity (Wildman–Crippen MR) is 557 cm³/mol. The molecule has 0 aliphatic rings. The number of carboxylic acid groups (broad SMARTS) is 1. The zero-order valence-corrected chi connectivity index (χ0v) is 95.3. The number of H-pyrrole nitrogens is 1. The molecule has 13 heterocycles. The van der Waals surface area contributed by atoms with Crippen LogP contribution in [0.3, 0.4) is 0 Å². The van der Waals surface area contributed by atoms with Crippen molar-refractivity contribution in [2.24, 2.45) is 0 Å². The van der Waals surface area contributed by atoms with Crippen molar-refractivity contribution in [1.82, 2.24) is 69.4 Å². The first-order chi connectivity index (χ1) is 66.3. The third-order valence-corrected chi connectivity index (χ3v) is 19.7. The molecule has 52 heteroatoms. The van der Waals surface area contributed by atoms with Crippen LogP contribution >= 0.6 is 215 Å². The maximum atomic E-state index is 13.4. The summed E-state index contributed by atoms with van der Waals surface area (Å²) in [6, 6.07) is 27.1. The molecule has 0 aromatic carbocycles. The number of aromatic amines is 1. The van der Waals surface area contributed by atoms with Gasteiger partial charge in [-0.2, -0.15) is 22.5 Å². The number of rotatable bonds is 25. The highest BCUT2D eigenvalue weighted by molar-refractivity contribution is 9.12. The highest BCUT2D eigenvalue weighted by atomic mass is 79.9. The van der Waals surface area contributed by atoms with Crippen molar-refractivity contribution < 1.29 is 99.1 Å². The van der Waals surface area contributed by atoms with Crippen LogP contribution in [0.25, 0.3) is 23.0 Å². The Balaban J connectivity index is 0.000000526. The zero-order chi connectivity index (χ0) is 104. The Morgan fingerprint density at radius 2 is 0.856 bits per heavy atom. The molecule has 0 radical (unpaired) electrons. The minimum absolute atomic E-state index is 0.0215. The minimum Gasteiger partial charge on any atom is -0.492 e. The van der Waals surface area contributed by atoms with Gasteiger partial charge in [0.25, 0.3) is 0 Å². The number of methoxy groups -OCH3 is 2. The van der Waals surface area contributed by atoms with E-state index in [1.54, 1.807) is 129 Å². The molecule has 13 aromatic heterocycles. The van der Waals surface area contributed by atoms with Gasteiger partial charge in [0.2, 0.25) is 24.3 Å². The van der Waals surface area contributed by atoms with E-state index >= 15 is 0 Å². The summed E-state index contributed by atoms with van der Waals surface area (Å²) in [5.74, 6) is 3.36. The van der Waals surface area contributed by atoms with Crippen LogP contribution in [0.5, 0.6) is 46.0 Å². The number of pyridine rings is 11. The number of carboxylic acids is 1. The van der Waals surface area contributed by atoms with E-state index in [9.17, 15) is 23.2 Å². The van der Waals surface area contributed by atoms with Crippen LogP contribution in [0.2, 0.25) is 0 Å². The van der Waals surface area contributed by atoms with Crippen LogP contribution < -0.4 is 42.6 Å². The molecule has 0 fully saturated rings. The van der Waals surface area contributed by atoms with Crippen molar-refractivity contribution in [3.05, 3.63) is 280 Å². The van der Waals surface area contributed by atoms with Crippen LogP contribution in [0.15, 0.2) is 229 Å². The van der Waals surface area contributed by atoms with E-state index in [1.807, 2.05) is 90.3 Å². The van der Waals surface area contributed by atoms with Crippen molar-refractivity contribution in [3.63, 3.8) is 0 Å². The fourth-order valence-electron chi connectivity index (χ4n) is 9.39. The number of aliphatic hydroxyl groups is 1. The van der Waals surface area contributed by atoms with Crippen molar-refractivity contribution in [1.29, 1.82) is 5.26 Å². The molecule has 0 unspecified atom stereocenters. The molecule has 139 heavy (non-hydrogen) atoms. The first-order valence-electron chi connectivity index (χ1n) is 39.5. The topological polar surface area (TPSA) is 441 Å². The van der Waals surface area contributed by atoms with Gasteiger partial charge in [-0.3, -0.25) is 25.1 Å². The number of hydrogen-bond acceptors (Lipinski definition) is 30. The van der Waals surface area contributed by atoms with Gasteiger partial charge in [-0.25, -0.2) is 54.3 Å². The Morgan fingerprint density at radius 3 is 1.25 bits per heavy atom. The lowest BCUT2D eigenvalue weighted by molar-refractivity contribution is -0.905. The van der Waals surface area contributed by atoms with Crippen LogP contribution in [-0.4, -0.2) is 184 Å². The lowest BCUT2D eigenvalue weighted by Crippen LogP contribution is -2.28. The maximum absolute atomic E-state index is 13.4. The smallest absolute Gasteiger partial charge is 0.360 e. The van der Waals surface area contributed by atoms with Crippen molar-refractivity contribution in [2.75, 3.05) is 72.4 Å². The zero-order valence-electron chi connectivity index (χ0n) is 74.8. The first-order valence-corrected chi connectivity index (χ1v) is 52.2. The van der Waals surface area contributed by atoms with Gasteiger partial charge >= 0.3 is 26.2 Å². The molecule has 13 rings (SSSR count). The van der Waals surface area contributed by atoms with Crippen molar-refractivity contribution in [3.8, 4) is 75.1 Å². The van der Waals surface area contributed by atoms with E-state index in [2.05, 4.69) is 255 Å². The number of nitrogens with one attached hydrogen (secondary N) is 1. The van der Waals surface area contributed by atoms with Gasteiger partial charge in [-0.05, 0) is 269 Å². The number of carbonyl (C=O) groups excluding carboxylic acids is 2. The van der Waals surface area contributed by atoms with Gasteiger partial charge in [0.05, 0.1) is 144 Å². The maximum Gasteiger partial charge on any atom is 0.360 e. The average Bonchev–Trinajstić information content (AvgIpc) is 1.70. The van der Waals surface area contributed by atoms with E-state index in [0.29, 0.717) is 159 Å². The van der Waals surface area contributed by atoms with E-state index in [-0.39, 0.29) is 29.0 Å². The Kier molecular flexibility index (Phi) is 65.8. The fraction of sp³-hybridized carbons (Fsp3) is 0.253. The van der Waals surface area contributed by atoms with Crippen LogP contribution in [0.1, 0.15) is 110 Å². The summed E-state index contributed by atoms with van der Waals surface area (Å²) >= 11 is 47.3. The van der Waals surface area contributed by atoms with Gasteiger partial charge in [0, 0.05) is 128 Å². The van der Waals surface area contributed by atoms with E-state index in [4.69, 9.17) is 102 Å². The normalized spacial score (nSPS) is 9.83. The first kappa shape index (κ1) is 126. The second kappa shape index (κ2) is 72.4. The van der Waals surface area contributed by atoms with Crippen molar-refractivity contribution in [2.45, 2.75) is 74.4 Å². The lowest BCUT2D eigenvalue weighted by Gasteiger charge is -2.13. The summed E-state index contributed by atoms with van der Waals surface area (Å²) in [4.78, 5) is 83.3. The number of nitrogens with zero attached hydrogens (tertiary/aromatic N) is 15. The van der Waals surface area contributed by atoms with Crippen LogP contribution in [-0.2, 0) is 36.8 Å². The third-order valence-electron chi connectivity index (χ3n) is 14.6. The van der Waals surface area contributed by atoms with E-state index in [0.717, 1.165) is 47.4 Å². The summed E-state index contributed by atoms with van der Waals surface area (Å²) in [7, 11) is 7.43. The molecule has 0 bridgehead atoms. The second-order valence-electron chi connectivity index (χ2n) is 24.3. The van der Waals surface area contributed by atoms with Crippen LogP contribution in [0, 0.1) is 23.2 Å². The molecular formula is C87H88Br10Cl5F2N16O18S+. The number of carbonyl (C=O) groups is 3. The number of alkyl halides is 3. The number of aromatic nitrogens is 15. The number of aliphatic hydroxyl groups excluding tert-OH is 1. The number of esters is 2. The van der Waals surface area contributed by atoms with Gasteiger partial charge in [-0.1, -0.05) is 12.1 Å². The van der Waals surface area contributed by atoms with E-state index in [1.165, 1.54) is 44.9 Å². The number of halogens is 17. The Labute approximate surface area is 908 Å². The molecule has 4 N–H and O–H groups in total. The highest BCUT2D eigenvalue weighted by Crippen LogP contribution is 2.30. The highest BCUT2D eigenvalue weighted by Gasteiger charge is 2.19. The number of hydrogen-bond donors (Lipinski definition) is 4.